The molecule has 0 aliphatic carbocycles. The van der Waals surface area contributed by atoms with Gasteiger partial charge in [-0.2, -0.15) is 0 Å². The molecule has 0 spiro atoms. The van der Waals surface area contributed by atoms with Crippen LogP contribution in [0.2, 0.25) is 5.02 Å². The minimum Gasteiger partial charge on any atom is -0.353 e. The van der Waals surface area contributed by atoms with Gasteiger partial charge < -0.3 is 10.6 Å². The van der Waals surface area contributed by atoms with E-state index in [9.17, 15) is 0 Å². The van der Waals surface area contributed by atoms with Gasteiger partial charge in [0.25, 0.3) is 0 Å². The molecule has 1 aromatic rings. The molecule has 1 aromatic heterocycles. The van der Waals surface area contributed by atoms with E-state index in [0.29, 0.717) is 10.9 Å². The predicted molar refractivity (Wildman–Crippen MR) is 83.8 cm³/mol. The van der Waals surface area contributed by atoms with E-state index >= 15 is 0 Å². The van der Waals surface area contributed by atoms with Gasteiger partial charge in [0.05, 0.1) is 5.02 Å². The Bertz CT molecular complexity index is 421. The van der Waals surface area contributed by atoms with Gasteiger partial charge in [-0.3, -0.25) is 4.90 Å². The molecule has 2 rings (SSSR count). The fourth-order valence-corrected chi connectivity index (χ4v) is 3.05. The van der Waals surface area contributed by atoms with Crippen molar-refractivity contribution in [2.24, 2.45) is 11.7 Å². The Morgan fingerprint density at radius 3 is 2.68 bits per heavy atom. The van der Waals surface area contributed by atoms with Crippen LogP contribution < -0.4 is 10.6 Å². The van der Waals surface area contributed by atoms with E-state index in [1.165, 1.54) is 0 Å². The van der Waals surface area contributed by atoms with Crippen molar-refractivity contribution in [3.63, 3.8) is 0 Å². The van der Waals surface area contributed by atoms with E-state index in [0.717, 1.165) is 49.6 Å². The molecule has 0 bridgehead atoms. The molecule has 4 nitrogen and oxygen atoms in total. The second kappa shape index (κ2) is 6.88. The fourth-order valence-electron chi connectivity index (χ4n) is 2.30. The van der Waals surface area contributed by atoms with Crippen molar-refractivity contribution in [1.29, 1.82) is 0 Å². The number of aromatic nitrogens is 1. The van der Waals surface area contributed by atoms with Gasteiger partial charge in [-0.1, -0.05) is 18.5 Å². The Morgan fingerprint density at radius 1 is 1.42 bits per heavy atom. The molecule has 0 aromatic carbocycles. The molecule has 6 heteroatoms. The van der Waals surface area contributed by atoms with Gasteiger partial charge in [0.15, 0.2) is 0 Å². The summed E-state index contributed by atoms with van der Waals surface area (Å²) in [5.74, 6) is 1.44. The van der Waals surface area contributed by atoms with Gasteiger partial charge in [-0.15, -0.1) is 0 Å². The highest BCUT2D eigenvalue weighted by molar-refractivity contribution is 9.10. The number of piperazine rings is 1. The van der Waals surface area contributed by atoms with Gasteiger partial charge in [-0.05, 0) is 34.5 Å². The topological polar surface area (TPSA) is 45.4 Å². The number of rotatable bonds is 4. The van der Waals surface area contributed by atoms with Crippen LogP contribution in [0, 0.1) is 5.92 Å². The number of nitrogens with zero attached hydrogens (tertiary/aromatic N) is 3. The van der Waals surface area contributed by atoms with E-state index in [1.807, 2.05) is 6.07 Å². The van der Waals surface area contributed by atoms with Crippen LogP contribution in [-0.2, 0) is 0 Å². The third-order valence-corrected chi connectivity index (χ3v) is 4.14. The fraction of sp³-hybridized carbons (Fsp3) is 0.615. The molecule has 1 fully saturated rings. The van der Waals surface area contributed by atoms with Gasteiger partial charge in [0, 0.05) is 43.4 Å². The molecule has 1 atom stereocenters. The van der Waals surface area contributed by atoms with Crippen LogP contribution in [0.4, 0.5) is 5.82 Å². The second-order valence-corrected chi connectivity index (χ2v) is 6.41. The molecular weight excluding hydrogens is 328 g/mol. The van der Waals surface area contributed by atoms with Gasteiger partial charge in [0.2, 0.25) is 0 Å². The van der Waals surface area contributed by atoms with E-state index in [1.54, 1.807) is 6.20 Å². The van der Waals surface area contributed by atoms with Crippen LogP contribution in [0.3, 0.4) is 0 Å². The third-order valence-electron chi connectivity index (χ3n) is 3.43. The lowest BCUT2D eigenvalue weighted by atomic mass is 10.1. The normalized spacial score (nSPS) is 18.6. The zero-order valence-electron chi connectivity index (χ0n) is 11.1. The largest absolute Gasteiger partial charge is 0.353 e. The minimum absolute atomic E-state index is 0.556. The number of pyridine rings is 1. The summed E-state index contributed by atoms with van der Waals surface area (Å²) >= 11 is 9.62. The van der Waals surface area contributed by atoms with E-state index in [4.69, 9.17) is 17.3 Å². The maximum absolute atomic E-state index is 6.24. The van der Waals surface area contributed by atoms with Crippen LogP contribution in [-0.4, -0.2) is 49.2 Å². The summed E-state index contributed by atoms with van der Waals surface area (Å²) in [6.45, 7) is 8.03. The maximum atomic E-state index is 6.24. The molecule has 19 heavy (non-hydrogen) atoms. The summed E-state index contributed by atoms with van der Waals surface area (Å²) in [6.07, 6.45) is 1.80. The number of halogens is 2. The molecule has 2 heterocycles. The van der Waals surface area contributed by atoms with E-state index < -0.39 is 0 Å². The number of anilines is 1. The number of hydrogen-bond donors (Lipinski definition) is 1. The smallest absolute Gasteiger partial charge is 0.147 e. The Morgan fingerprint density at radius 2 is 2.11 bits per heavy atom. The standard InChI is InChI=1S/C13H20BrClN4/c1-10(7-16)9-18-2-4-19(5-3-18)13-12(15)6-11(14)8-17-13/h6,8,10H,2-5,7,9,16H2,1H3. The Hall–Kier alpha value is -0.360. The zero-order chi connectivity index (χ0) is 13.8. The highest BCUT2D eigenvalue weighted by atomic mass is 79.9. The first-order chi connectivity index (χ1) is 9.10. The molecule has 1 aliphatic rings. The average molecular weight is 348 g/mol. The molecular formula is C13H20BrClN4. The minimum atomic E-state index is 0.556. The third kappa shape index (κ3) is 4.05. The lowest BCUT2D eigenvalue weighted by molar-refractivity contribution is 0.227. The van der Waals surface area contributed by atoms with Gasteiger partial charge >= 0.3 is 0 Å². The van der Waals surface area contributed by atoms with Crippen molar-refractivity contribution in [1.82, 2.24) is 9.88 Å². The van der Waals surface area contributed by atoms with Crippen molar-refractivity contribution in [2.75, 3.05) is 44.2 Å². The van der Waals surface area contributed by atoms with E-state index in [2.05, 4.69) is 37.6 Å². The lowest BCUT2D eigenvalue weighted by Crippen LogP contribution is -2.48. The first-order valence-electron chi connectivity index (χ1n) is 6.58. The van der Waals surface area contributed by atoms with Crippen molar-refractivity contribution in [3.8, 4) is 0 Å². The van der Waals surface area contributed by atoms with Crippen LogP contribution in [0.1, 0.15) is 6.92 Å². The summed E-state index contributed by atoms with van der Waals surface area (Å²) in [6, 6.07) is 1.90. The van der Waals surface area contributed by atoms with Gasteiger partial charge in [0.1, 0.15) is 5.82 Å². The van der Waals surface area contributed by atoms with Crippen LogP contribution in [0.25, 0.3) is 0 Å². The Balaban J connectivity index is 1.92. The Labute approximate surface area is 128 Å². The first-order valence-corrected chi connectivity index (χ1v) is 7.75. The number of hydrogen-bond acceptors (Lipinski definition) is 4. The highest BCUT2D eigenvalue weighted by Gasteiger charge is 2.20. The van der Waals surface area contributed by atoms with E-state index in [-0.39, 0.29) is 0 Å². The monoisotopic (exact) mass is 346 g/mol. The zero-order valence-corrected chi connectivity index (χ0v) is 13.5. The quantitative estimate of drug-likeness (QED) is 0.907. The van der Waals surface area contributed by atoms with Gasteiger partial charge in [-0.25, -0.2) is 4.98 Å². The Kier molecular flexibility index (Phi) is 5.45. The molecule has 106 valence electrons. The maximum Gasteiger partial charge on any atom is 0.147 e. The summed E-state index contributed by atoms with van der Waals surface area (Å²) in [7, 11) is 0. The molecule has 0 saturated carbocycles. The first kappa shape index (κ1) is 15.0. The molecule has 1 aliphatic heterocycles. The summed E-state index contributed by atoms with van der Waals surface area (Å²) in [5, 5.41) is 0.707. The summed E-state index contributed by atoms with van der Waals surface area (Å²) in [4.78, 5) is 9.12. The van der Waals surface area contributed by atoms with Crippen molar-refractivity contribution in [2.45, 2.75) is 6.92 Å². The highest BCUT2D eigenvalue weighted by Crippen LogP contribution is 2.26. The lowest BCUT2D eigenvalue weighted by Gasteiger charge is -2.36. The SMILES string of the molecule is CC(CN)CN1CCN(c2ncc(Br)cc2Cl)CC1. The molecule has 0 radical (unpaired) electrons. The molecule has 1 saturated heterocycles. The van der Waals surface area contributed by atoms with Crippen LogP contribution in [0.5, 0.6) is 0 Å². The predicted octanol–water partition coefficient (Wildman–Crippen LogP) is 2.21. The molecule has 0 amide bonds. The average Bonchev–Trinajstić information content (AvgIpc) is 2.40. The second-order valence-electron chi connectivity index (χ2n) is 5.09. The number of nitrogens with two attached hydrogens (primary N) is 1. The summed E-state index contributed by atoms with van der Waals surface area (Å²) in [5.41, 5.74) is 5.67. The van der Waals surface area contributed by atoms with Crippen molar-refractivity contribution >= 4 is 33.3 Å². The van der Waals surface area contributed by atoms with Crippen molar-refractivity contribution in [3.05, 3.63) is 21.8 Å². The van der Waals surface area contributed by atoms with Crippen LogP contribution >= 0.6 is 27.5 Å². The summed E-state index contributed by atoms with van der Waals surface area (Å²) < 4.78 is 0.914. The van der Waals surface area contributed by atoms with Crippen molar-refractivity contribution < 1.29 is 0 Å². The van der Waals surface area contributed by atoms with Crippen LogP contribution in [0.15, 0.2) is 16.7 Å². The molecule has 1 unspecified atom stereocenters. The molecule has 2 N–H and O–H groups in total.